The van der Waals surface area contributed by atoms with Crippen LogP contribution in [-0.2, 0) is 4.74 Å². The van der Waals surface area contributed by atoms with E-state index in [1.165, 1.54) is 0 Å². The van der Waals surface area contributed by atoms with Gasteiger partial charge in [-0.05, 0) is 6.07 Å². The molecule has 1 atom stereocenters. The first-order chi connectivity index (χ1) is 7.27. The predicted molar refractivity (Wildman–Crippen MR) is 64.2 cm³/mol. The molecule has 1 unspecified atom stereocenters. The Morgan fingerprint density at radius 3 is 2.87 bits per heavy atom. The van der Waals surface area contributed by atoms with Gasteiger partial charge in [0.15, 0.2) is 0 Å². The summed E-state index contributed by atoms with van der Waals surface area (Å²) < 4.78 is 10.8. The van der Waals surface area contributed by atoms with Gasteiger partial charge in [-0.15, -0.1) is 0 Å². The van der Waals surface area contributed by atoms with Gasteiger partial charge in [0.25, 0.3) is 0 Å². The van der Waals surface area contributed by atoms with Gasteiger partial charge in [-0.2, -0.15) is 0 Å². The van der Waals surface area contributed by atoms with Gasteiger partial charge in [-0.25, -0.2) is 0 Å². The van der Waals surface area contributed by atoms with E-state index in [2.05, 4.69) is 13.5 Å². The Morgan fingerprint density at radius 1 is 1.47 bits per heavy atom. The molecule has 0 bridgehead atoms. The highest BCUT2D eigenvalue weighted by Gasteiger charge is 2.07. The van der Waals surface area contributed by atoms with E-state index in [0.29, 0.717) is 15.3 Å². The molecule has 2 nitrogen and oxygen atoms in total. The van der Waals surface area contributed by atoms with Crippen LogP contribution in [0.2, 0.25) is 5.54 Å². The summed E-state index contributed by atoms with van der Waals surface area (Å²) >= 11 is 0. The molecule has 0 saturated carbocycles. The molecular formula is C12H16O2Si. The summed E-state index contributed by atoms with van der Waals surface area (Å²) in [7, 11) is 2.12. The largest absolute Gasteiger partial charge is 0.540 e. The lowest BCUT2D eigenvalue weighted by molar-refractivity contribution is 0.196. The van der Waals surface area contributed by atoms with Gasteiger partial charge >= 0.3 is 9.76 Å². The van der Waals surface area contributed by atoms with Crippen LogP contribution >= 0.6 is 0 Å². The maximum absolute atomic E-state index is 5.72. The summed E-state index contributed by atoms with van der Waals surface area (Å²) in [4.78, 5) is 0. The number of para-hydroxylation sites is 1. The molecule has 0 heterocycles. The average Bonchev–Trinajstić information content (AvgIpc) is 2.27. The van der Waals surface area contributed by atoms with Crippen molar-refractivity contribution in [1.82, 2.24) is 0 Å². The highest BCUT2D eigenvalue weighted by molar-refractivity contribution is 6.30. The van der Waals surface area contributed by atoms with Crippen molar-refractivity contribution in [1.29, 1.82) is 0 Å². The smallest absolute Gasteiger partial charge is 0.316 e. The number of hydrogen-bond acceptors (Lipinski definition) is 2. The van der Waals surface area contributed by atoms with Crippen molar-refractivity contribution in [3.63, 3.8) is 0 Å². The van der Waals surface area contributed by atoms with Gasteiger partial charge in [0, 0.05) is 24.8 Å². The van der Waals surface area contributed by atoms with Crippen LogP contribution in [0.5, 0.6) is 5.75 Å². The van der Waals surface area contributed by atoms with Crippen molar-refractivity contribution in [3.05, 3.63) is 36.4 Å². The third-order valence-corrected chi connectivity index (χ3v) is 2.83. The monoisotopic (exact) mass is 220 g/mol. The molecule has 1 aromatic rings. The minimum Gasteiger partial charge on any atom is -0.540 e. The van der Waals surface area contributed by atoms with Crippen molar-refractivity contribution < 1.29 is 9.16 Å². The summed E-state index contributed by atoms with van der Waals surface area (Å²) in [6, 6.07) is 7.90. The average molecular weight is 220 g/mol. The van der Waals surface area contributed by atoms with E-state index in [0.717, 1.165) is 17.9 Å². The maximum Gasteiger partial charge on any atom is 0.316 e. The van der Waals surface area contributed by atoms with Gasteiger partial charge in [-0.3, -0.25) is 0 Å². The lowest BCUT2D eigenvalue weighted by Gasteiger charge is -2.11. The van der Waals surface area contributed by atoms with Crippen molar-refractivity contribution in [2.24, 2.45) is 0 Å². The Morgan fingerprint density at radius 2 is 2.20 bits per heavy atom. The fourth-order valence-electron chi connectivity index (χ4n) is 1.19. The fraction of sp³-hybridized carbons (Fsp3) is 0.333. The molecule has 0 N–H and O–H groups in total. The Labute approximate surface area is 93.9 Å². The second-order valence-corrected chi connectivity index (χ2v) is 4.74. The molecule has 0 amide bonds. The van der Waals surface area contributed by atoms with E-state index in [9.17, 15) is 0 Å². The topological polar surface area (TPSA) is 18.5 Å². The van der Waals surface area contributed by atoms with Crippen LogP contribution < -0.4 is 4.43 Å². The normalized spacial score (nSPS) is 12.1. The first kappa shape index (κ1) is 12.0. The second-order valence-electron chi connectivity index (χ2n) is 3.32. The molecule has 0 saturated heterocycles. The molecule has 3 heteroatoms. The zero-order chi connectivity index (χ0) is 11.1. The second kappa shape index (κ2) is 6.43. The Kier molecular flexibility index (Phi) is 5.14. The van der Waals surface area contributed by atoms with Crippen LogP contribution in [0.15, 0.2) is 30.8 Å². The number of rotatable bonds is 6. The number of hydrogen-bond donors (Lipinski definition) is 0. The van der Waals surface area contributed by atoms with Crippen LogP contribution in [-0.4, -0.2) is 23.5 Å². The summed E-state index contributed by atoms with van der Waals surface area (Å²) in [6.45, 7) is 6.59. The van der Waals surface area contributed by atoms with Gasteiger partial charge in [0.1, 0.15) is 5.75 Å². The zero-order valence-corrected chi connectivity index (χ0v) is 10.2. The first-order valence-corrected chi connectivity index (χ1v) is 5.89. The van der Waals surface area contributed by atoms with E-state index in [1.807, 2.05) is 24.3 Å². The number of benzene rings is 1. The minimum atomic E-state index is 0.417. The summed E-state index contributed by atoms with van der Waals surface area (Å²) in [5.41, 5.74) is 1.46. The molecule has 80 valence electrons. The molecule has 0 aliphatic rings. The molecule has 1 aromatic carbocycles. The van der Waals surface area contributed by atoms with Crippen molar-refractivity contribution >= 4 is 15.8 Å². The summed E-state index contributed by atoms with van der Waals surface area (Å²) in [5, 5.41) is 0. The molecule has 0 aliphatic heterocycles. The van der Waals surface area contributed by atoms with Gasteiger partial charge < -0.3 is 9.16 Å². The number of methoxy groups -OCH3 is 1. The molecule has 1 rings (SSSR count). The quantitative estimate of drug-likeness (QED) is 0.686. The Hall–Kier alpha value is -1.06. The Balaban J connectivity index is 2.53. The van der Waals surface area contributed by atoms with Crippen LogP contribution in [0.1, 0.15) is 12.5 Å². The van der Waals surface area contributed by atoms with Gasteiger partial charge in [0.2, 0.25) is 0 Å². The van der Waals surface area contributed by atoms with Gasteiger partial charge in [-0.1, -0.05) is 37.8 Å². The molecular weight excluding hydrogens is 204 g/mol. The van der Waals surface area contributed by atoms with Crippen LogP contribution in [0.3, 0.4) is 0 Å². The maximum atomic E-state index is 5.72. The third kappa shape index (κ3) is 3.89. The van der Waals surface area contributed by atoms with E-state index in [1.54, 1.807) is 13.2 Å². The molecule has 0 aromatic heterocycles. The fourth-order valence-corrected chi connectivity index (χ4v) is 1.94. The zero-order valence-electron chi connectivity index (χ0n) is 9.19. The van der Waals surface area contributed by atoms with Crippen LogP contribution in [0.25, 0.3) is 6.08 Å². The minimum absolute atomic E-state index is 0.417. The standard InChI is InChI=1S/C12H16O2Si/c1-4-11-7-5-6-8-12(11)14-15-10(2)9-13-3/h4-8,10H,1,9H2,2-3H3. The molecule has 15 heavy (non-hydrogen) atoms. The highest BCUT2D eigenvalue weighted by atomic mass is 28.2. The highest BCUT2D eigenvalue weighted by Crippen LogP contribution is 2.19. The molecule has 0 fully saturated rings. The number of ether oxygens (including phenoxy) is 1. The summed E-state index contributed by atoms with van der Waals surface area (Å²) in [6.07, 6.45) is 1.81. The van der Waals surface area contributed by atoms with Crippen molar-refractivity contribution in [3.8, 4) is 5.75 Å². The van der Waals surface area contributed by atoms with Crippen molar-refractivity contribution in [2.75, 3.05) is 13.7 Å². The summed E-state index contributed by atoms with van der Waals surface area (Å²) in [5.74, 6) is 0.897. The van der Waals surface area contributed by atoms with E-state index < -0.39 is 0 Å². The third-order valence-electron chi connectivity index (χ3n) is 1.93. The van der Waals surface area contributed by atoms with Crippen LogP contribution in [0.4, 0.5) is 0 Å². The SMILES string of the molecule is C=Cc1ccccc1O[Si]C(C)COC. The lowest BCUT2D eigenvalue weighted by atomic mass is 10.2. The van der Waals surface area contributed by atoms with Crippen molar-refractivity contribution in [2.45, 2.75) is 12.5 Å². The Bertz CT molecular complexity index is 312. The molecule has 2 radical (unpaired) electrons. The van der Waals surface area contributed by atoms with E-state index in [4.69, 9.17) is 9.16 Å². The lowest BCUT2D eigenvalue weighted by Crippen LogP contribution is -2.13. The molecule has 0 spiro atoms. The van der Waals surface area contributed by atoms with Gasteiger partial charge in [0.05, 0.1) is 0 Å². The van der Waals surface area contributed by atoms with Crippen LogP contribution in [0, 0.1) is 0 Å². The molecule has 0 aliphatic carbocycles. The predicted octanol–water partition coefficient (Wildman–Crippen LogP) is 2.78. The first-order valence-electron chi connectivity index (χ1n) is 4.90. The van der Waals surface area contributed by atoms with E-state index >= 15 is 0 Å². The van der Waals surface area contributed by atoms with E-state index in [-0.39, 0.29) is 0 Å².